The van der Waals surface area contributed by atoms with Gasteiger partial charge in [-0.1, -0.05) is 18.2 Å². The minimum Gasteiger partial charge on any atom is -0.344 e. The lowest BCUT2D eigenvalue weighted by molar-refractivity contribution is -0.129. The van der Waals surface area contributed by atoms with E-state index in [1.54, 1.807) is 22.9 Å². The SMILES string of the molecule is CSCC[C@H](NC(=O)[C@H]1CC(=O)N(c2ccccc2)C1)C(=O)Nc1ncc(C)s1. The van der Waals surface area contributed by atoms with Crippen molar-refractivity contribution in [2.45, 2.75) is 25.8 Å². The van der Waals surface area contributed by atoms with Gasteiger partial charge in [-0.15, -0.1) is 11.3 Å². The van der Waals surface area contributed by atoms with Crippen molar-refractivity contribution >= 4 is 51.6 Å². The summed E-state index contributed by atoms with van der Waals surface area (Å²) in [5.74, 6) is -0.386. The number of rotatable bonds is 8. The molecule has 0 radical (unpaired) electrons. The van der Waals surface area contributed by atoms with Gasteiger partial charge in [0.1, 0.15) is 6.04 Å². The lowest BCUT2D eigenvalue weighted by Crippen LogP contribution is -2.46. The van der Waals surface area contributed by atoms with Crippen molar-refractivity contribution in [2.75, 3.05) is 28.8 Å². The topological polar surface area (TPSA) is 91.4 Å². The highest BCUT2D eigenvalue weighted by atomic mass is 32.2. The summed E-state index contributed by atoms with van der Waals surface area (Å²) in [6.07, 6.45) is 4.29. The number of nitrogens with zero attached hydrogens (tertiary/aromatic N) is 2. The monoisotopic (exact) mass is 432 g/mol. The van der Waals surface area contributed by atoms with E-state index in [9.17, 15) is 14.4 Å². The molecular formula is C20H24N4O3S2. The zero-order valence-corrected chi connectivity index (χ0v) is 18.0. The first kappa shape index (κ1) is 21.3. The second-order valence-corrected chi connectivity index (χ2v) is 9.07. The number of hydrogen-bond donors (Lipinski definition) is 2. The summed E-state index contributed by atoms with van der Waals surface area (Å²) in [4.78, 5) is 44.6. The number of benzene rings is 1. The lowest BCUT2D eigenvalue weighted by Gasteiger charge is -2.20. The van der Waals surface area contributed by atoms with Crippen molar-refractivity contribution in [3.05, 3.63) is 41.4 Å². The molecule has 7 nitrogen and oxygen atoms in total. The maximum Gasteiger partial charge on any atom is 0.248 e. The zero-order chi connectivity index (χ0) is 20.8. The van der Waals surface area contributed by atoms with E-state index in [1.807, 2.05) is 43.5 Å². The molecule has 1 aromatic carbocycles. The van der Waals surface area contributed by atoms with E-state index in [1.165, 1.54) is 11.3 Å². The second-order valence-electron chi connectivity index (χ2n) is 6.85. The van der Waals surface area contributed by atoms with E-state index in [2.05, 4.69) is 15.6 Å². The minimum absolute atomic E-state index is 0.0836. The number of carbonyl (C=O) groups is 3. The Morgan fingerprint density at radius 1 is 1.34 bits per heavy atom. The first-order valence-corrected chi connectivity index (χ1v) is 11.6. The molecule has 29 heavy (non-hydrogen) atoms. The van der Waals surface area contributed by atoms with Gasteiger partial charge in [-0.25, -0.2) is 4.98 Å². The van der Waals surface area contributed by atoms with Crippen molar-refractivity contribution in [2.24, 2.45) is 5.92 Å². The summed E-state index contributed by atoms with van der Waals surface area (Å²) in [5.41, 5.74) is 0.781. The van der Waals surface area contributed by atoms with Crippen molar-refractivity contribution in [3.8, 4) is 0 Å². The lowest BCUT2D eigenvalue weighted by atomic mass is 10.1. The average Bonchev–Trinajstić information content (AvgIpc) is 3.30. The normalized spacial score (nSPS) is 17.2. The quantitative estimate of drug-likeness (QED) is 0.669. The summed E-state index contributed by atoms with van der Waals surface area (Å²) in [6.45, 7) is 2.23. The molecule has 1 aliphatic heterocycles. The van der Waals surface area contributed by atoms with Crippen LogP contribution in [0.3, 0.4) is 0 Å². The maximum absolute atomic E-state index is 12.8. The predicted octanol–water partition coefficient (Wildman–Crippen LogP) is 2.68. The fourth-order valence-corrected chi connectivity index (χ4v) is 4.28. The number of aromatic nitrogens is 1. The summed E-state index contributed by atoms with van der Waals surface area (Å²) in [6, 6.07) is 8.64. The Balaban J connectivity index is 1.63. The molecule has 2 aromatic rings. The Bertz CT molecular complexity index is 872. The van der Waals surface area contributed by atoms with Crippen LogP contribution in [0.4, 0.5) is 10.8 Å². The van der Waals surface area contributed by atoms with Gasteiger partial charge in [-0.2, -0.15) is 11.8 Å². The van der Waals surface area contributed by atoms with E-state index >= 15 is 0 Å². The molecule has 3 amide bonds. The Morgan fingerprint density at radius 3 is 2.76 bits per heavy atom. The van der Waals surface area contributed by atoms with Gasteiger partial charge in [0.15, 0.2) is 5.13 Å². The highest BCUT2D eigenvalue weighted by Gasteiger charge is 2.36. The number of thiazole rings is 1. The summed E-state index contributed by atoms with van der Waals surface area (Å²) < 4.78 is 0. The minimum atomic E-state index is -0.667. The van der Waals surface area contributed by atoms with E-state index in [-0.39, 0.29) is 24.1 Å². The number of amides is 3. The van der Waals surface area contributed by atoms with Gasteiger partial charge in [0, 0.05) is 29.7 Å². The number of nitrogens with one attached hydrogen (secondary N) is 2. The third kappa shape index (κ3) is 5.57. The molecule has 1 aliphatic rings. The molecule has 0 aliphatic carbocycles. The Hall–Kier alpha value is -2.39. The van der Waals surface area contributed by atoms with E-state index in [0.717, 1.165) is 16.3 Å². The van der Waals surface area contributed by atoms with Crippen molar-refractivity contribution in [1.29, 1.82) is 0 Å². The summed E-state index contributed by atoms with van der Waals surface area (Å²) in [7, 11) is 0. The van der Waals surface area contributed by atoms with Crippen LogP contribution in [0, 0.1) is 12.8 Å². The third-order valence-electron chi connectivity index (χ3n) is 4.66. The zero-order valence-electron chi connectivity index (χ0n) is 16.4. The molecule has 0 saturated carbocycles. The molecule has 1 aromatic heterocycles. The van der Waals surface area contributed by atoms with E-state index in [0.29, 0.717) is 18.1 Å². The molecule has 0 spiro atoms. The van der Waals surface area contributed by atoms with Gasteiger partial charge in [0.05, 0.1) is 5.92 Å². The largest absolute Gasteiger partial charge is 0.344 e. The number of carbonyl (C=O) groups excluding carboxylic acids is 3. The molecule has 3 rings (SSSR count). The second kappa shape index (κ2) is 9.89. The van der Waals surface area contributed by atoms with Gasteiger partial charge < -0.3 is 15.5 Å². The van der Waals surface area contributed by atoms with Crippen LogP contribution in [0.5, 0.6) is 0 Å². The maximum atomic E-state index is 12.8. The number of anilines is 2. The van der Waals surface area contributed by atoms with Gasteiger partial charge in [-0.3, -0.25) is 14.4 Å². The number of thioether (sulfide) groups is 1. The Morgan fingerprint density at radius 2 is 2.10 bits per heavy atom. The molecule has 2 N–H and O–H groups in total. The molecule has 1 fully saturated rings. The first-order valence-electron chi connectivity index (χ1n) is 9.36. The number of para-hydroxylation sites is 1. The van der Waals surface area contributed by atoms with Crippen LogP contribution in [0.25, 0.3) is 0 Å². The molecule has 2 heterocycles. The van der Waals surface area contributed by atoms with E-state index < -0.39 is 12.0 Å². The van der Waals surface area contributed by atoms with Crippen LogP contribution in [-0.2, 0) is 14.4 Å². The van der Waals surface area contributed by atoms with Crippen molar-refractivity contribution in [1.82, 2.24) is 10.3 Å². The van der Waals surface area contributed by atoms with Crippen LogP contribution < -0.4 is 15.5 Å². The van der Waals surface area contributed by atoms with Gasteiger partial charge in [0.2, 0.25) is 17.7 Å². The predicted molar refractivity (Wildman–Crippen MR) is 117 cm³/mol. The van der Waals surface area contributed by atoms with Gasteiger partial charge in [-0.05, 0) is 37.5 Å². The molecule has 0 unspecified atom stereocenters. The average molecular weight is 433 g/mol. The summed E-state index contributed by atoms with van der Waals surface area (Å²) >= 11 is 3.00. The smallest absolute Gasteiger partial charge is 0.248 e. The molecule has 2 atom stereocenters. The van der Waals surface area contributed by atoms with Crippen LogP contribution in [0.15, 0.2) is 36.5 Å². The molecular weight excluding hydrogens is 408 g/mol. The van der Waals surface area contributed by atoms with Crippen LogP contribution in [0.2, 0.25) is 0 Å². The van der Waals surface area contributed by atoms with Crippen LogP contribution in [0.1, 0.15) is 17.7 Å². The van der Waals surface area contributed by atoms with Gasteiger partial charge in [0.25, 0.3) is 0 Å². The van der Waals surface area contributed by atoms with Crippen LogP contribution in [-0.4, -0.2) is 47.3 Å². The fourth-order valence-electron chi connectivity index (χ4n) is 3.14. The standard InChI is InChI=1S/C20H24N4O3S2/c1-13-11-21-20(29-13)23-19(27)16(8-9-28-2)22-18(26)14-10-17(25)24(12-14)15-6-4-3-5-7-15/h3-7,11,14,16H,8-10,12H2,1-2H3,(H,22,26)(H,21,23,27)/t14-,16-/m0/s1. The highest BCUT2D eigenvalue weighted by Crippen LogP contribution is 2.25. The molecule has 154 valence electrons. The van der Waals surface area contributed by atoms with Crippen molar-refractivity contribution < 1.29 is 14.4 Å². The number of aryl methyl sites for hydroxylation is 1. The van der Waals surface area contributed by atoms with E-state index in [4.69, 9.17) is 0 Å². The Labute approximate surface area is 178 Å². The number of hydrogen-bond acceptors (Lipinski definition) is 6. The van der Waals surface area contributed by atoms with Crippen molar-refractivity contribution in [3.63, 3.8) is 0 Å². The molecule has 9 heteroatoms. The summed E-state index contributed by atoms with van der Waals surface area (Å²) in [5, 5.41) is 6.14. The van der Waals surface area contributed by atoms with Gasteiger partial charge >= 0.3 is 0 Å². The highest BCUT2D eigenvalue weighted by molar-refractivity contribution is 7.98. The first-order chi connectivity index (χ1) is 14.0. The molecule has 0 bridgehead atoms. The van der Waals surface area contributed by atoms with Crippen LogP contribution >= 0.6 is 23.1 Å². The Kier molecular flexibility index (Phi) is 7.27. The molecule has 1 saturated heterocycles. The fraction of sp³-hybridized carbons (Fsp3) is 0.400. The third-order valence-corrected chi connectivity index (χ3v) is 6.13.